The molecule has 0 aliphatic heterocycles. The van der Waals surface area contributed by atoms with Crippen molar-refractivity contribution in [1.29, 1.82) is 0 Å². The summed E-state index contributed by atoms with van der Waals surface area (Å²) in [6.45, 7) is 1.84. The monoisotopic (exact) mass is 304 g/mol. The van der Waals surface area contributed by atoms with Crippen LogP contribution in [0.3, 0.4) is 0 Å². The molecular weight excluding hydrogens is 288 g/mol. The number of aromatic hydroxyl groups is 1. The molecule has 3 rings (SSSR count). The van der Waals surface area contributed by atoms with E-state index in [9.17, 15) is 9.90 Å². The molecule has 3 aromatic rings. The van der Waals surface area contributed by atoms with Crippen molar-refractivity contribution in [3.05, 3.63) is 77.9 Å². The van der Waals surface area contributed by atoms with Crippen molar-refractivity contribution in [1.82, 2.24) is 5.43 Å². The second kappa shape index (κ2) is 6.32. The number of nitrogens with one attached hydrogen (secondary N) is 1. The molecule has 0 atom stereocenters. The molecule has 114 valence electrons. The van der Waals surface area contributed by atoms with Crippen LogP contribution in [0.15, 0.2) is 71.8 Å². The summed E-state index contributed by atoms with van der Waals surface area (Å²) in [6.07, 6.45) is 0. The van der Waals surface area contributed by atoms with E-state index < -0.39 is 5.91 Å². The fourth-order valence-electron chi connectivity index (χ4n) is 2.46. The average molecular weight is 304 g/mol. The maximum absolute atomic E-state index is 12.1. The summed E-state index contributed by atoms with van der Waals surface area (Å²) in [4.78, 5) is 12.1. The second-order valence-corrected chi connectivity index (χ2v) is 5.18. The van der Waals surface area contributed by atoms with E-state index in [1.807, 2.05) is 49.4 Å². The van der Waals surface area contributed by atoms with Crippen LogP contribution in [0, 0.1) is 0 Å². The molecule has 4 heteroatoms. The summed E-state index contributed by atoms with van der Waals surface area (Å²) in [6, 6.07) is 20.3. The molecule has 0 heterocycles. The number of carbonyl (C=O) groups excluding carboxylic acids is 1. The van der Waals surface area contributed by atoms with Gasteiger partial charge in [0.25, 0.3) is 5.91 Å². The first-order valence-corrected chi connectivity index (χ1v) is 7.27. The van der Waals surface area contributed by atoms with Gasteiger partial charge in [0.05, 0.1) is 11.3 Å². The highest BCUT2D eigenvalue weighted by atomic mass is 16.3. The molecule has 0 bridgehead atoms. The maximum Gasteiger partial charge on any atom is 0.275 e. The smallest absolute Gasteiger partial charge is 0.275 e. The molecule has 0 unspecified atom stereocenters. The first kappa shape index (κ1) is 14.8. The van der Waals surface area contributed by atoms with Crippen molar-refractivity contribution in [2.45, 2.75) is 6.92 Å². The molecule has 0 spiro atoms. The Bertz CT molecular complexity index is 895. The van der Waals surface area contributed by atoms with Gasteiger partial charge in [-0.15, -0.1) is 0 Å². The first-order valence-electron chi connectivity index (χ1n) is 7.27. The minimum atomic E-state index is -0.442. The summed E-state index contributed by atoms with van der Waals surface area (Å²) >= 11 is 0. The Labute approximate surface area is 134 Å². The molecule has 2 N–H and O–H groups in total. The highest BCUT2D eigenvalue weighted by molar-refractivity contribution is 6.10. The van der Waals surface area contributed by atoms with Crippen LogP contribution >= 0.6 is 0 Å². The van der Waals surface area contributed by atoms with Gasteiger partial charge in [-0.2, -0.15) is 5.10 Å². The normalized spacial score (nSPS) is 11.4. The highest BCUT2D eigenvalue weighted by Gasteiger charge is 2.10. The summed E-state index contributed by atoms with van der Waals surface area (Å²) in [5.41, 5.74) is 4.35. The number of phenolic OH excluding ortho intramolecular Hbond substituents is 1. The molecule has 0 aromatic heterocycles. The number of benzene rings is 3. The van der Waals surface area contributed by atoms with E-state index in [0.29, 0.717) is 5.71 Å². The van der Waals surface area contributed by atoms with Gasteiger partial charge in [0.1, 0.15) is 5.75 Å². The number of para-hydroxylation sites is 1. The molecule has 0 saturated heterocycles. The molecule has 0 aliphatic rings. The first-order chi connectivity index (χ1) is 11.2. The van der Waals surface area contributed by atoms with Gasteiger partial charge in [0.2, 0.25) is 0 Å². The Morgan fingerprint density at radius 3 is 2.39 bits per heavy atom. The minimum absolute atomic E-state index is 0.0667. The standard InChI is InChI=1S/C19H16N2O2/c1-13(15-11-6-8-14-7-2-3-9-16(14)15)20-21-19(23)17-10-4-5-12-18(17)22/h2-12,22H,1H3,(H,21,23). The summed E-state index contributed by atoms with van der Waals surface area (Å²) in [5, 5.41) is 16.1. The predicted molar refractivity (Wildman–Crippen MR) is 91.7 cm³/mol. The van der Waals surface area contributed by atoms with Gasteiger partial charge in [0, 0.05) is 5.56 Å². The Morgan fingerprint density at radius 1 is 0.913 bits per heavy atom. The van der Waals surface area contributed by atoms with Gasteiger partial charge in [-0.05, 0) is 29.8 Å². The molecular formula is C19H16N2O2. The van der Waals surface area contributed by atoms with Gasteiger partial charge < -0.3 is 5.11 Å². The van der Waals surface area contributed by atoms with E-state index in [1.165, 1.54) is 6.07 Å². The van der Waals surface area contributed by atoms with E-state index >= 15 is 0 Å². The zero-order chi connectivity index (χ0) is 16.2. The third kappa shape index (κ3) is 3.06. The summed E-state index contributed by atoms with van der Waals surface area (Å²) in [5.74, 6) is -0.509. The molecule has 0 saturated carbocycles. The van der Waals surface area contributed by atoms with Crippen LogP contribution in [0.4, 0.5) is 0 Å². The largest absolute Gasteiger partial charge is 0.507 e. The minimum Gasteiger partial charge on any atom is -0.507 e. The van der Waals surface area contributed by atoms with Gasteiger partial charge in [-0.1, -0.05) is 54.6 Å². The lowest BCUT2D eigenvalue weighted by Crippen LogP contribution is -2.19. The molecule has 3 aromatic carbocycles. The number of amides is 1. The Kier molecular flexibility index (Phi) is 4.06. The number of hydrazone groups is 1. The zero-order valence-electron chi connectivity index (χ0n) is 12.7. The molecule has 0 radical (unpaired) electrons. The van der Waals surface area contributed by atoms with Crippen molar-refractivity contribution in [2.75, 3.05) is 0 Å². The number of carbonyl (C=O) groups is 1. The lowest BCUT2D eigenvalue weighted by Gasteiger charge is -2.07. The van der Waals surface area contributed by atoms with E-state index in [-0.39, 0.29) is 11.3 Å². The molecule has 23 heavy (non-hydrogen) atoms. The second-order valence-electron chi connectivity index (χ2n) is 5.18. The van der Waals surface area contributed by atoms with Crippen LogP contribution in [-0.4, -0.2) is 16.7 Å². The maximum atomic E-state index is 12.1. The number of phenols is 1. The van der Waals surface area contributed by atoms with Gasteiger partial charge >= 0.3 is 0 Å². The van der Waals surface area contributed by atoms with E-state index in [1.54, 1.807) is 18.2 Å². The fourth-order valence-corrected chi connectivity index (χ4v) is 2.46. The third-order valence-corrected chi connectivity index (χ3v) is 3.65. The fraction of sp³-hybridized carbons (Fsp3) is 0.0526. The van der Waals surface area contributed by atoms with Crippen LogP contribution in [-0.2, 0) is 0 Å². The van der Waals surface area contributed by atoms with Crippen LogP contribution in [0.2, 0.25) is 0 Å². The third-order valence-electron chi connectivity index (χ3n) is 3.65. The Balaban J connectivity index is 1.88. The quantitative estimate of drug-likeness (QED) is 0.572. The highest BCUT2D eigenvalue weighted by Crippen LogP contribution is 2.19. The average Bonchev–Trinajstić information content (AvgIpc) is 2.59. The van der Waals surface area contributed by atoms with Crippen LogP contribution < -0.4 is 5.43 Å². The number of rotatable bonds is 3. The van der Waals surface area contributed by atoms with Crippen molar-refractivity contribution in [2.24, 2.45) is 5.10 Å². The van der Waals surface area contributed by atoms with E-state index in [4.69, 9.17) is 0 Å². The number of fused-ring (bicyclic) bond motifs is 1. The van der Waals surface area contributed by atoms with Crippen molar-refractivity contribution >= 4 is 22.4 Å². The van der Waals surface area contributed by atoms with Crippen LogP contribution in [0.25, 0.3) is 10.8 Å². The van der Waals surface area contributed by atoms with Crippen molar-refractivity contribution in [3.8, 4) is 5.75 Å². The molecule has 0 aliphatic carbocycles. The topological polar surface area (TPSA) is 61.7 Å². The Morgan fingerprint density at radius 2 is 1.57 bits per heavy atom. The Hall–Kier alpha value is -3.14. The molecule has 0 fully saturated rings. The summed E-state index contributed by atoms with van der Waals surface area (Å²) in [7, 11) is 0. The zero-order valence-corrected chi connectivity index (χ0v) is 12.7. The molecule has 1 amide bonds. The lowest BCUT2D eigenvalue weighted by molar-refractivity contribution is 0.0952. The van der Waals surface area contributed by atoms with Crippen LogP contribution in [0.1, 0.15) is 22.8 Å². The van der Waals surface area contributed by atoms with Crippen molar-refractivity contribution in [3.63, 3.8) is 0 Å². The van der Waals surface area contributed by atoms with Gasteiger partial charge in [-0.25, -0.2) is 5.43 Å². The van der Waals surface area contributed by atoms with E-state index in [0.717, 1.165) is 16.3 Å². The molecule has 4 nitrogen and oxygen atoms in total. The number of hydrogen-bond acceptors (Lipinski definition) is 3. The SMILES string of the molecule is CC(=NNC(=O)c1ccccc1O)c1cccc2ccccc12. The number of hydrogen-bond donors (Lipinski definition) is 2. The van der Waals surface area contributed by atoms with Gasteiger partial charge in [-0.3, -0.25) is 4.79 Å². The van der Waals surface area contributed by atoms with Crippen molar-refractivity contribution < 1.29 is 9.90 Å². The predicted octanol–water partition coefficient (Wildman–Crippen LogP) is 3.70. The number of nitrogens with zero attached hydrogens (tertiary/aromatic N) is 1. The van der Waals surface area contributed by atoms with Gasteiger partial charge in [0.15, 0.2) is 0 Å². The van der Waals surface area contributed by atoms with E-state index in [2.05, 4.69) is 10.5 Å². The summed E-state index contributed by atoms with van der Waals surface area (Å²) < 4.78 is 0. The lowest BCUT2D eigenvalue weighted by atomic mass is 10.0. The van der Waals surface area contributed by atoms with Crippen LogP contribution in [0.5, 0.6) is 5.75 Å².